The fourth-order valence-electron chi connectivity index (χ4n) is 2.78. The van der Waals surface area contributed by atoms with Gasteiger partial charge in [0, 0.05) is 29.7 Å². The van der Waals surface area contributed by atoms with Crippen LogP contribution in [0.5, 0.6) is 0 Å². The zero-order valence-corrected chi connectivity index (χ0v) is 14.0. The first-order valence-electron chi connectivity index (χ1n) is 7.47. The molecular formula is C17H22BrNO2. The highest BCUT2D eigenvalue weighted by Gasteiger charge is 2.26. The molecule has 2 rings (SSSR count). The van der Waals surface area contributed by atoms with E-state index in [0.717, 1.165) is 42.3 Å². The Labute approximate surface area is 134 Å². The Balaban J connectivity index is 2.01. The molecular weight excluding hydrogens is 330 g/mol. The van der Waals surface area contributed by atoms with E-state index < -0.39 is 0 Å². The van der Waals surface area contributed by atoms with Crippen molar-refractivity contribution < 1.29 is 9.90 Å². The molecule has 1 heterocycles. The number of aryl methyl sites for hydroxylation is 1. The summed E-state index contributed by atoms with van der Waals surface area (Å²) in [7, 11) is 0. The van der Waals surface area contributed by atoms with Crippen molar-refractivity contribution in [3.05, 3.63) is 39.9 Å². The predicted octanol–water partition coefficient (Wildman–Crippen LogP) is 3.53. The highest BCUT2D eigenvalue weighted by atomic mass is 79.9. The van der Waals surface area contributed by atoms with Crippen molar-refractivity contribution in [2.45, 2.75) is 38.6 Å². The molecule has 1 aliphatic rings. The SMILES string of the molecule is Cc1ccc(C=CC(=O)N2CCCC2CCCO)c(Br)c1. The van der Waals surface area contributed by atoms with Gasteiger partial charge in [-0.3, -0.25) is 4.79 Å². The third-order valence-electron chi connectivity index (χ3n) is 3.92. The van der Waals surface area contributed by atoms with E-state index in [1.807, 2.05) is 36.1 Å². The number of hydrogen-bond donors (Lipinski definition) is 1. The van der Waals surface area contributed by atoms with Crippen LogP contribution in [0.3, 0.4) is 0 Å². The average Bonchev–Trinajstić information content (AvgIpc) is 2.92. The maximum absolute atomic E-state index is 12.3. The number of aliphatic hydroxyl groups is 1. The predicted molar refractivity (Wildman–Crippen MR) is 89.0 cm³/mol. The molecule has 1 aromatic carbocycles. The summed E-state index contributed by atoms with van der Waals surface area (Å²) in [5, 5.41) is 8.93. The second-order valence-corrected chi connectivity index (χ2v) is 6.41. The van der Waals surface area contributed by atoms with Crippen LogP contribution in [0, 0.1) is 6.92 Å². The first-order valence-corrected chi connectivity index (χ1v) is 8.27. The highest BCUT2D eigenvalue weighted by Crippen LogP contribution is 2.23. The molecule has 1 saturated heterocycles. The highest BCUT2D eigenvalue weighted by molar-refractivity contribution is 9.10. The lowest BCUT2D eigenvalue weighted by Gasteiger charge is -2.23. The molecule has 0 aromatic heterocycles. The Morgan fingerprint density at radius 1 is 1.52 bits per heavy atom. The topological polar surface area (TPSA) is 40.5 Å². The molecule has 0 spiro atoms. The minimum atomic E-state index is 0.0721. The summed E-state index contributed by atoms with van der Waals surface area (Å²) in [6, 6.07) is 6.38. The second-order valence-electron chi connectivity index (χ2n) is 5.55. The number of carbonyl (C=O) groups is 1. The van der Waals surface area contributed by atoms with E-state index in [1.165, 1.54) is 5.56 Å². The number of aliphatic hydroxyl groups excluding tert-OH is 1. The normalized spacial score (nSPS) is 18.6. The van der Waals surface area contributed by atoms with Crippen LogP contribution in [-0.4, -0.2) is 35.1 Å². The van der Waals surface area contributed by atoms with Crippen LogP contribution in [0.1, 0.15) is 36.8 Å². The Morgan fingerprint density at radius 2 is 2.33 bits per heavy atom. The molecule has 3 nitrogen and oxygen atoms in total. The summed E-state index contributed by atoms with van der Waals surface area (Å²) < 4.78 is 1.00. The molecule has 114 valence electrons. The van der Waals surface area contributed by atoms with Crippen LogP contribution < -0.4 is 0 Å². The summed E-state index contributed by atoms with van der Waals surface area (Å²) in [6.07, 6.45) is 7.30. The number of rotatable bonds is 5. The number of likely N-dealkylation sites (tertiary alicyclic amines) is 1. The van der Waals surface area contributed by atoms with Gasteiger partial charge in [-0.2, -0.15) is 0 Å². The van der Waals surface area contributed by atoms with Crippen molar-refractivity contribution in [3.8, 4) is 0 Å². The quantitative estimate of drug-likeness (QED) is 0.824. The van der Waals surface area contributed by atoms with Gasteiger partial charge in [-0.1, -0.05) is 28.1 Å². The molecule has 1 fully saturated rings. The Morgan fingerprint density at radius 3 is 3.05 bits per heavy atom. The van der Waals surface area contributed by atoms with Crippen LogP contribution in [0.15, 0.2) is 28.7 Å². The van der Waals surface area contributed by atoms with E-state index in [-0.39, 0.29) is 18.6 Å². The maximum Gasteiger partial charge on any atom is 0.246 e. The van der Waals surface area contributed by atoms with Gasteiger partial charge in [-0.05, 0) is 55.9 Å². The van der Waals surface area contributed by atoms with Gasteiger partial charge in [-0.15, -0.1) is 0 Å². The molecule has 4 heteroatoms. The lowest BCUT2D eigenvalue weighted by atomic mass is 10.1. The van der Waals surface area contributed by atoms with Crippen molar-refractivity contribution >= 4 is 27.9 Å². The number of halogens is 1. The molecule has 1 N–H and O–H groups in total. The van der Waals surface area contributed by atoms with E-state index in [4.69, 9.17) is 5.11 Å². The lowest BCUT2D eigenvalue weighted by Crippen LogP contribution is -2.34. The molecule has 0 radical (unpaired) electrons. The van der Waals surface area contributed by atoms with Crippen LogP contribution in [-0.2, 0) is 4.79 Å². The van der Waals surface area contributed by atoms with Crippen molar-refractivity contribution in [1.29, 1.82) is 0 Å². The summed E-state index contributed by atoms with van der Waals surface area (Å²) in [5.41, 5.74) is 2.20. The average molecular weight is 352 g/mol. The minimum absolute atomic E-state index is 0.0721. The molecule has 1 unspecified atom stereocenters. The van der Waals surface area contributed by atoms with Gasteiger partial charge in [0.15, 0.2) is 0 Å². The molecule has 0 saturated carbocycles. The summed E-state index contributed by atoms with van der Waals surface area (Å²) in [6.45, 7) is 3.07. The van der Waals surface area contributed by atoms with Crippen LogP contribution >= 0.6 is 15.9 Å². The molecule has 1 aliphatic heterocycles. The van der Waals surface area contributed by atoms with E-state index in [1.54, 1.807) is 6.08 Å². The monoisotopic (exact) mass is 351 g/mol. The van der Waals surface area contributed by atoms with Crippen molar-refractivity contribution in [2.24, 2.45) is 0 Å². The molecule has 0 aliphatic carbocycles. The van der Waals surface area contributed by atoms with Gasteiger partial charge in [0.25, 0.3) is 0 Å². The van der Waals surface area contributed by atoms with E-state index in [9.17, 15) is 4.79 Å². The van der Waals surface area contributed by atoms with Crippen LogP contribution in [0.4, 0.5) is 0 Å². The summed E-state index contributed by atoms with van der Waals surface area (Å²) in [5.74, 6) is 0.0721. The number of benzene rings is 1. The molecule has 0 bridgehead atoms. The molecule has 1 amide bonds. The third-order valence-corrected chi connectivity index (χ3v) is 4.60. The van der Waals surface area contributed by atoms with E-state index >= 15 is 0 Å². The largest absolute Gasteiger partial charge is 0.396 e. The fourth-order valence-corrected chi connectivity index (χ4v) is 3.40. The summed E-state index contributed by atoms with van der Waals surface area (Å²) >= 11 is 3.52. The Hall–Kier alpha value is -1.13. The van der Waals surface area contributed by atoms with Gasteiger partial charge in [0.2, 0.25) is 5.91 Å². The molecule has 1 atom stereocenters. The zero-order valence-electron chi connectivity index (χ0n) is 12.4. The van der Waals surface area contributed by atoms with Crippen LogP contribution in [0.25, 0.3) is 6.08 Å². The Kier molecular flexibility index (Phi) is 6.00. The van der Waals surface area contributed by atoms with Crippen molar-refractivity contribution in [3.63, 3.8) is 0 Å². The third kappa shape index (κ3) is 4.42. The minimum Gasteiger partial charge on any atom is -0.396 e. The van der Waals surface area contributed by atoms with Crippen molar-refractivity contribution in [1.82, 2.24) is 4.90 Å². The number of carbonyl (C=O) groups excluding carboxylic acids is 1. The van der Waals surface area contributed by atoms with Gasteiger partial charge in [0.1, 0.15) is 0 Å². The van der Waals surface area contributed by atoms with E-state index in [2.05, 4.69) is 15.9 Å². The lowest BCUT2D eigenvalue weighted by molar-refractivity contribution is -0.126. The van der Waals surface area contributed by atoms with Gasteiger partial charge >= 0.3 is 0 Å². The van der Waals surface area contributed by atoms with Crippen molar-refractivity contribution in [2.75, 3.05) is 13.2 Å². The van der Waals surface area contributed by atoms with Gasteiger partial charge in [0.05, 0.1) is 0 Å². The first kappa shape index (κ1) is 16.2. The summed E-state index contributed by atoms with van der Waals surface area (Å²) in [4.78, 5) is 14.3. The standard InChI is InChI=1S/C17H22BrNO2/c1-13-6-7-14(16(18)12-13)8-9-17(21)19-10-2-4-15(19)5-3-11-20/h6-9,12,15,20H,2-5,10-11H2,1H3. The smallest absolute Gasteiger partial charge is 0.246 e. The first-order chi connectivity index (χ1) is 10.1. The molecule has 1 aromatic rings. The zero-order chi connectivity index (χ0) is 15.2. The van der Waals surface area contributed by atoms with Gasteiger partial charge < -0.3 is 10.0 Å². The number of nitrogens with zero attached hydrogens (tertiary/aromatic N) is 1. The number of hydrogen-bond acceptors (Lipinski definition) is 2. The maximum atomic E-state index is 12.3. The fraction of sp³-hybridized carbons (Fsp3) is 0.471. The number of amides is 1. The van der Waals surface area contributed by atoms with E-state index in [0.29, 0.717) is 0 Å². The Bertz CT molecular complexity index is 528. The second kappa shape index (κ2) is 7.76. The van der Waals surface area contributed by atoms with Gasteiger partial charge in [-0.25, -0.2) is 0 Å². The van der Waals surface area contributed by atoms with Crippen LogP contribution in [0.2, 0.25) is 0 Å². The molecule has 21 heavy (non-hydrogen) atoms.